The lowest BCUT2D eigenvalue weighted by atomic mass is 9.84. The van der Waals surface area contributed by atoms with Gasteiger partial charge < -0.3 is 11.1 Å². The molecule has 0 aromatic heterocycles. The minimum absolute atomic E-state index is 0. The van der Waals surface area contributed by atoms with E-state index < -0.39 is 11.6 Å². The molecular weight excluding hydrogens is 330 g/mol. The van der Waals surface area contributed by atoms with Crippen molar-refractivity contribution in [1.29, 1.82) is 0 Å². The van der Waals surface area contributed by atoms with E-state index in [9.17, 15) is 13.6 Å². The third kappa shape index (κ3) is 5.41. The van der Waals surface area contributed by atoms with E-state index in [0.29, 0.717) is 17.4 Å². The number of carbonyl (C=O) groups excluding carboxylic acids is 1. The summed E-state index contributed by atoms with van der Waals surface area (Å²) in [6, 6.07) is 3.79. The number of amides is 1. The van der Waals surface area contributed by atoms with Gasteiger partial charge in [0.25, 0.3) is 0 Å². The smallest absolute Gasteiger partial charge is 0.230 e. The lowest BCUT2D eigenvalue weighted by Crippen LogP contribution is -2.45. The van der Waals surface area contributed by atoms with Crippen LogP contribution >= 0.6 is 24.2 Å². The van der Waals surface area contributed by atoms with Crippen LogP contribution in [-0.4, -0.2) is 24.2 Å². The zero-order valence-electron chi connectivity index (χ0n) is 12.2. The van der Waals surface area contributed by atoms with Crippen molar-refractivity contribution in [3.8, 4) is 0 Å². The van der Waals surface area contributed by atoms with Crippen LogP contribution in [0.5, 0.6) is 0 Å². The van der Waals surface area contributed by atoms with Crippen LogP contribution in [0, 0.1) is 17.6 Å². The van der Waals surface area contributed by atoms with Crippen molar-refractivity contribution in [2.45, 2.75) is 36.6 Å². The zero-order chi connectivity index (χ0) is 15.2. The maximum atomic E-state index is 13.1. The van der Waals surface area contributed by atoms with Gasteiger partial charge in [-0.05, 0) is 43.5 Å². The summed E-state index contributed by atoms with van der Waals surface area (Å²) in [4.78, 5) is 12.5. The van der Waals surface area contributed by atoms with Gasteiger partial charge in [-0.2, -0.15) is 0 Å². The Hall–Kier alpha value is -0.850. The van der Waals surface area contributed by atoms with Crippen LogP contribution in [0.4, 0.5) is 8.78 Å². The Kier molecular flexibility index (Phi) is 8.14. The van der Waals surface area contributed by atoms with E-state index in [-0.39, 0.29) is 30.1 Å². The van der Waals surface area contributed by atoms with Crippen molar-refractivity contribution < 1.29 is 13.6 Å². The van der Waals surface area contributed by atoms with Crippen LogP contribution in [0.15, 0.2) is 23.1 Å². The molecule has 2 atom stereocenters. The van der Waals surface area contributed by atoms with Crippen LogP contribution in [0.2, 0.25) is 0 Å². The number of hydrogen-bond acceptors (Lipinski definition) is 3. The standard InChI is InChI=1S/C15H20F2N2OS.ClH/c16-12-6-5-11(7-13(12)17)21-9-15(20)19-14-4-2-1-3-10(14)8-18;/h5-7,10,14H,1-4,8-9,18H2,(H,19,20);1H. The summed E-state index contributed by atoms with van der Waals surface area (Å²) in [5.41, 5.74) is 5.73. The lowest BCUT2D eigenvalue weighted by molar-refractivity contribution is -0.119. The second-order valence-corrected chi connectivity index (χ2v) is 6.37. The third-order valence-corrected chi connectivity index (χ3v) is 4.81. The Morgan fingerprint density at radius 1 is 1.27 bits per heavy atom. The second kappa shape index (κ2) is 9.33. The molecule has 3 N–H and O–H groups in total. The average molecular weight is 351 g/mol. The summed E-state index contributed by atoms with van der Waals surface area (Å²) >= 11 is 1.20. The van der Waals surface area contributed by atoms with Crippen molar-refractivity contribution >= 4 is 30.1 Å². The number of carbonyl (C=O) groups is 1. The van der Waals surface area contributed by atoms with Gasteiger partial charge in [-0.3, -0.25) is 4.79 Å². The van der Waals surface area contributed by atoms with Crippen LogP contribution in [0.1, 0.15) is 25.7 Å². The van der Waals surface area contributed by atoms with Gasteiger partial charge in [-0.1, -0.05) is 12.8 Å². The number of nitrogens with one attached hydrogen (secondary N) is 1. The van der Waals surface area contributed by atoms with E-state index in [0.717, 1.165) is 37.8 Å². The highest BCUT2D eigenvalue weighted by Crippen LogP contribution is 2.24. The summed E-state index contributed by atoms with van der Waals surface area (Å²) in [5, 5.41) is 3.01. The molecule has 1 saturated carbocycles. The maximum absolute atomic E-state index is 13.1. The molecule has 0 radical (unpaired) electrons. The number of benzene rings is 1. The molecule has 0 bridgehead atoms. The van der Waals surface area contributed by atoms with Gasteiger partial charge in [0.1, 0.15) is 0 Å². The number of nitrogens with two attached hydrogens (primary N) is 1. The van der Waals surface area contributed by atoms with E-state index in [1.807, 2.05) is 0 Å². The molecule has 1 aliphatic rings. The second-order valence-electron chi connectivity index (χ2n) is 5.32. The molecule has 0 aliphatic heterocycles. The molecule has 22 heavy (non-hydrogen) atoms. The fraction of sp³-hybridized carbons (Fsp3) is 0.533. The Morgan fingerprint density at radius 2 is 2.00 bits per heavy atom. The molecule has 2 unspecified atom stereocenters. The Labute approximate surface area is 139 Å². The molecule has 0 saturated heterocycles. The van der Waals surface area contributed by atoms with Gasteiger partial charge >= 0.3 is 0 Å². The first-order valence-corrected chi connectivity index (χ1v) is 8.16. The van der Waals surface area contributed by atoms with E-state index in [4.69, 9.17) is 5.73 Å². The van der Waals surface area contributed by atoms with Crippen LogP contribution in [0.3, 0.4) is 0 Å². The fourth-order valence-electron chi connectivity index (χ4n) is 2.64. The molecule has 1 aromatic carbocycles. The zero-order valence-corrected chi connectivity index (χ0v) is 13.8. The largest absolute Gasteiger partial charge is 0.352 e. The molecule has 2 rings (SSSR count). The highest BCUT2D eigenvalue weighted by atomic mass is 35.5. The molecule has 0 heterocycles. The summed E-state index contributed by atoms with van der Waals surface area (Å²) in [6.45, 7) is 0.585. The van der Waals surface area contributed by atoms with E-state index >= 15 is 0 Å². The normalized spacial score (nSPS) is 21.0. The lowest BCUT2D eigenvalue weighted by Gasteiger charge is -2.31. The molecule has 1 fully saturated rings. The van der Waals surface area contributed by atoms with Crippen molar-refractivity contribution in [2.75, 3.05) is 12.3 Å². The van der Waals surface area contributed by atoms with Gasteiger partial charge in [0.15, 0.2) is 11.6 Å². The van der Waals surface area contributed by atoms with Crippen LogP contribution in [-0.2, 0) is 4.79 Å². The van der Waals surface area contributed by atoms with Crippen molar-refractivity contribution in [2.24, 2.45) is 11.7 Å². The van der Waals surface area contributed by atoms with Gasteiger partial charge in [0.2, 0.25) is 5.91 Å². The number of rotatable bonds is 5. The molecule has 1 aromatic rings. The first-order valence-electron chi connectivity index (χ1n) is 7.17. The monoisotopic (exact) mass is 350 g/mol. The molecule has 0 spiro atoms. The predicted molar refractivity (Wildman–Crippen MR) is 87.3 cm³/mol. The minimum Gasteiger partial charge on any atom is -0.352 e. The maximum Gasteiger partial charge on any atom is 0.230 e. The van der Waals surface area contributed by atoms with Gasteiger partial charge in [0.05, 0.1) is 5.75 Å². The summed E-state index contributed by atoms with van der Waals surface area (Å²) in [5.74, 6) is -1.32. The predicted octanol–water partition coefficient (Wildman–Crippen LogP) is 3.11. The third-order valence-electron chi connectivity index (χ3n) is 3.82. The highest BCUT2D eigenvalue weighted by Gasteiger charge is 2.25. The van der Waals surface area contributed by atoms with Crippen molar-refractivity contribution in [1.82, 2.24) is 5.32 Å². The van der Waals surface area contributed by atoms with Crippen molar-refractivity contribution in [3.63, 3.8) is 0 Å². The molecule has 124 valence electrons. The van der Waals surface area contributed by atoms with Crippen LogP contribution in [0.25, 0.3) is 0 Å². The van der Waals surface area contributed by atoms with Gasteiger partial charge in [-0.15, -0.1) is 24.2 Å². The Balaban J connectivity index is 0.00000242. The fourth-order valence-corrected chi connectivity index (χ4v) is 3.38. The first-order chi connectivity index (χ1) is 10.1. The molecular formula is C15H21ClF2N2OS. The summed E-state index contributed by atoms with van der Waals surface area (Å²) in [6.07, 6.45) is 4.29. The van der Waals surface area contributed by atoms with Crippen molar-refractivity contribution in [3.05, 3.63) is 29.8 Å². The SMILES string of the molecule is Cl.NCC1CCCCC1NC(=O)CSc1ccc(F)c(F)c1. The quantitative estimate of drug-likeness (QED) is 0.802. The number of halogens is 3. The van der Waals surface area contributed by atoms with E-state index in [1.165, 1.54) is 17.8 Å². The number of hydrogen-bond donors (Lipinski definition) is 2. The first kappa shape index (κ1) is 19.2. The van der Waals surface area contributed by atoms with Gasteiger partial charge in [0, 0.05) is 10.9 Å². The average Bonchev–Trinajstić information content (AvgIpc) is 2.49. The number of thioether (sulfide) groups is 1. The molecule has 1 amide bonds. The van der Waals surface area contributed by atoms with Gasteiger partial charge in [-0.25, -0.2) is 8.78 Å². The summed E-state index contributed by atoms with van der Waals surface area (Å²) < 4.78 is 25.9. The highest BCUT2D eigenvalue weighted by molar-refractivity contribution is 8.00. The molecule has 3 nitrogen and oxygen atoms in total. The molecule has 7 heteroatoms. The van der Waals surface area contributed by atoms with E-state index in [1.54, 1.807) is 0 Å². The Morgan fingerprint density at radius 3 is 2.68 bits per heavy atom. The summed E-state index contributed by atoms with van der Waals surface area (Å²) in [7, 11) is 0. The molecule has 1 aliphatic carbocycles. The topological polar surface area (TPSA) is 55.1 Å². The minimum atomic E-state index is -0.893. The van der Waals surface area contributed by atoms with Crippen LogP contribution < -0.4 is 11.1 Å². The Bertz CT molecular complexity index is 504. The van der Waals surface area contributed by atoms with E-state index in [2.05, 4.69) is 5.32 Å².